The Labute approximate surface area is 353 Å². The van der Waals surface area contributed by atoms with E-state index in [-0.39, 0.29) is 0 Å². The van der Waals surface area contributed by atoms with Crippen LogP contribution >= 0.6 is 0 Å². The van der Waals surface area contributed by atoms with Crippen LogP contribution in [0.3, 0.4) is 0 Å². The number of fused-ring (bicyclic) bond motifs is 10. The lowest BCUT2D eigenvalue weighted by molar-refractivity contribution is 0.767. The van der Waals surface area contributed by atoms with Gasteiger partial charge in [0.2, 0.25) is 0 Å². The van der Waals surface area contributed by atoms with Gasteiger partial charge in [-0.15, -0.1) is 0 Å². The Hall–Kier alpha value is -7.94. The van der Waals surface area contributed by atoms with Crippen LogP contribution in [0.1, 0.15) is 22.3 Å². The summed E-state index contributed by atoms with van der Waals surface area (Å²) in [7, 11) is 0. The van der Waals surface area contributed by atoms with Crippen molar-refractivity contribution in [2.24, 2.45) is 0 Å². The third kappa shape index (κ3) is 4.73. The van der Waals surface area contributed by atoms with Gasteiger partial charge in [-0.05, 0) is 98.4 Å². The summed E-state index contributed by atoms with van der Waals surface area (Å²) >= 11 is 0. The van der Waals surface area contributed by atoms with Crippen molar-refractivity contribution in [2.75, 3.05) is 0 Å². The number of hydrogen-bond acceptors (Lipinski definition) is 0. The Kier molecular flexibility index (Phi) is 7.26. The molecule has 0 radical (unpaired) electrons. The van der Waals surface area contributed by atoms with E-state index in [2.05, 4.69) is 240 Å². The molecule has 1 aliphatic rings. The number of benzene rings is 10. The first-order chi connectivity index (χ1) is 30.3. The molecule has 12 aromatic rings. The SMILES string of the molecule is c1ccc(C2(c3ccccc3)c3ccccc3-c3ccc(-n4c5ccccc5c5cc(-c6ccc(-n7c8ccccc8c8ccccc87)c7ccccc67)ccc54)cc32)cc1. The van der Waals surface area contributed by atoms with E-state index in [1.807, 2.05) is 0 Å². The standard InChI is InChI=1S/C59H38N2/c1-3-17-40(18-4-1)59(41-19-5-2-6-20-41)52-27-13-9-22-45(52)46-33-32-42(38-53(46)59)60-54-28-14-12-26-50(54)51-37-39(31-35-58(51)60)43-34-36-57(47-23-8-7-21-44(43)47)61-55-29-15-10-24-48(55)49-25-11-16-30-56(49)61/h1-38H. The fourth-order valence-corrected chi connectivity index (χ4v) is 10.9. The first-order valence-electron chi connectivity index (χ1n) is 21.2. The predicted molar refractivity (Wildman–Crippen MR) is 255 cm³/mol. The molecule has 2 heteroatoms. The summed E-state index contributed by atoms with van der Waals surface area (Å²) in [6, 6.07) is 85.3. The van der Waals surface area contributed by atoms with Crippen molar-refractivity contribution in [1.29, 1.82) is 0 Å². The lowest BCUT2D eigenvalue weighted by Gasteiger charge is -2.34. The molecule has 0 bridgehead atoms. The van der Waals surface area contributed by atoms with Crippen molar-refractivity contribution in [2.45, 2.75) is 5.41 Å². The van der Waals surface area contributed by atoms with E-state index in [4.69, 9.17) is 0 Å². The molecule has 0 unspecified atom stereocenters. The number of rotatable bonds is 5. The van der Waals surface area contributed by atoms with Crippen LogP contribution in [0.25, 0.3) is 88.0 Å². The molecule has 0 amide bonds. The molecule has 0 spiro atoms. The second kappa shape index (κ2) is 13.0. The largest absolute Gasteiger partial charge is 0.309 e. The zero-order valence-corrected chi connectivity index (χ0v) is 33.3. The average molecular weight is 775 g/mol. The van der Waals surface area contributed by atoms with Crippen molar-refractivity contribution in [3.63, 3.8) is 0 Å². The normalized spacial score (nSPS) is 13.0. The lowest BCUT2D eigenvalue weighted by Crippen LogP contribution is -2.28. The molecule has 0 fully saturated rings. The molecule has 0 saturated heterocycles. The Morgan fingerprint density at radius 3 is 1.44 bits per heavy atom. The third-order valence-corrected chi connectivity index (χ3v) is 13.4. The van der Waals surface area contributed by atoms with Crippen LogP contribution in [0.15, 0.2) is 231 Å². The summed E-state index contributed by atoms with van der Waals surface area (Å²) in [4.78, 5) is 0. The van der Waals surface area contributed by atoms with Gasteiger partial charge in [0.15, 0.2) is 0 Å². The Balaban J connectivity index is 1.02. The fourth-order valence-electron chi connectivity index (χ4n) is 10.9. The molecule has 61 heavy (non-hydrogen) atoms. The molecule has 1 aliphatic carbocycles. The molecule has 2 heterocycles. The van der Waals surface area contributed by atoms with Gasteiger partial charge in [0.05, 0.1) is 33.2 Å². The second-order valence-corrected chi connectivity index (χ2v) is 16.4. The van der Waals surface area contributed by atoms with E-state index < -0.39 is 5.41 Å². The molecule has 0 atom stereocenters. The van der Waals surface area contributed by atoms with Gasteiger partial charge in [0.1, 0.15) is 0 Å². The molecular weight excluding hydrogens is 737 g/mol. The zero-order valence-electron chi connectivity index (χ0n) is 33.3. The first kappa shape index (κ1) is 34.0. The zero-order chi connectivity index (χ0) is 40.1. The molecule has 2 aromatic heterocycles. The van der Waals surface area contributed by atoms with Gasteiger partial charge in [-0.1, -0.05) is 182 Å². The third-order valence-electron chi connectivity index (χ3n) is 13.4. The van der Waals surface area contributed by atoms with E-state index in [1.165, 1.54) is 105 Å². The maximum atomic E-state index is 2.47. The quantitative estimate of drug-likeness (QED) is 0.165. The molecule has 2 nitrogen and oxygen atoms in total. The van der Waals surface area contributed by atoms with Crippen molar-refractivity contribution in [3.8, 4) is 33.6 Å². The van der Waals surface area contributed by atoms with Gasteiger partial charge in [-0.3, -0.25) is 0 Å². The van der Waals surface area contributed by atoms with Crippen molar-refractivity contribution in [1.82, 2.24) is 9.13 Å². The van der Waals surface area contributed by atoms with Crippen LogP contribution in [-0.4, -0.2) is 9.13 Å². The monoisotopic (exact) mass is 774 g/mol. The second-order valence-electron chi connectivity index (χ2n) is 16.4. The highest BCUT2D eigenvalue weighted by Crippen LogP contribution is 2.56. The first-order valence-corrected chi connectivity index (χ1v) is 21.2. The molecule has 10 aromatic carbocycles. The van der Waals surface area contributed by atoms with Crippen LogP contribution in [0, 0.1) is 0 Å². The van der Waals surface area contributed by atoms with Crippen molar-refractivity contribution >= 4 is 54.4 Å². The highest BCUT2D eigenvalue weighted by molar-refractivity contribution is 6.14. The van der Waals surface area contributed by atoms with Gasteiger partial charge in [-0.25, -0.2) is 0 Å². The topological polar surface area (TPSA) is 9.86 Å². The Morgan fingerprint density at radius 2 is 0.770 bits per heavy atom. The van der Waals surface area contributed by atoms with Gasteiger partial charge >= 0.3 is 0 Å². The fraction of sp³-hybridized carbons (Fsp3) is 0.0169. The smallest absolute Gasteiger partial charge is 0.0714 e. The minimum atomic E-state index is -0.469. The molecule has 0 saturated carbocycles. The molecule has 13 rings (SSSR count). The minimum absolute atomic E-state index is 0.469. The van der Waals surface area contributed by atoms with Crippen molar-refractivity contribution in [3.05, 3.63) is 253 Å². The van der Waals surface area contributed by atoms with E-state index in [0.717, 1.165) is 5.69 Å². The Morgan fingerprint density at radius 1 is 0.279 bits per heavy atom. The van der Waals surface area contributed by atoms with Gasteiger partial charge < -0.3 is 9.13 Å². The summed E-state index contributed by atoms with van der Waals surface area (Å²) in [6.45, 7) is 0. The predicted octanol–water partition coefficient (Wildman–Crippen LogP) is 15.1. The average Bonchev–Trinajstić information content (AvgIpc) is 3.95. The van der Waals surface area contributed by atoms with E-state index in [1.54, 1.807) is 0 Å². The van der Waals surface area contributed by atoms with E-state index in [0.29, 0.717) is 0 Å². The summed E-state index contributed by atoms with van der Waals surface area (Å²) in [5.74, 6) is 0. The Bertz CT molecular complexity index is 3610. The molecule has 0 N–H and O–H groups in total. The number of hydrogen-bond donors (Lipinski definition) is 0. The van der Waals surface area contributed by atoms with Crippen molar-refractivity contribution < 1.29 is 0 Å². The maximum absolute atomic E-state index is 2.47. The summed E-state index contributed by atoms with van der Waals surface area (Å²) in [6.07, 6.45) is 0. The van der Waals surface area contributed by atoms with Crippen LogP contribution in [0.4, 0.5) is 0 Å². The number of para-hydroxylation sites is 3. The number of aromatic nitrogens is 2. The summed E-state index contributed by atoms with van der Waals surface area (Å²) < 4.78 is 4.91. The molecule has 284 valence electrons. The van der Waals surface area contributed by atoms with E-state index >= 15 is 0 Å². The van der Waals surface area contributed by atoms with Crippen LogP contribution < -0.4 is 0 Å². The minimum Gasteiger partial charge on any atom is -0.309 e. The van der Waals surface area contributed by atoms with Crippen LogP contribution in [0.5, 0.6) is 0 Å². The van der Waals surface area contributed by atoms with Gasteiger partial charge in [-0.2, -0.15) is 0 Å². The molecule has 0 aliphatic heterocycles. The highest BCUT2D eigenvalue weighted by Gasteiger charge is 2.46. The van der Waals surface area contributed by atoms with Crippen LogP contribution in [-0.2, 0) is 5.41 Å². The molecular formula is C59H38N2. The maximum Gasteiger partial charge on any atom is 0.0714 e. The highest BCUT2D eigenvalue weighted by atomic mass is 15.0. The summed E-state index contributed by atoms with van der Waals surface area (Å²) in [5.41, 5.74) is 16.9. The lowest BCUT2D eigenvalue weighted by atomic mass is 9.67. The van der Waals surface area contributed by atoms with Gasteiger partial charge in [0.25, 0.3) is 0 Å². The van der Waals surface area contributed by atoms with Gasteiger partial charge in [0, 0.05) is 32.6 Å². The summed E-state index contributed by atoms with van der Waals surface area (Å²) in [5, 5.41) is 7.49. The number of nitrogens with zero attached hydrogens (tertiary/aromatic N) is 2. The van der Waals surface area contributed by atoms with E-state index in [9.17, 15) is 0 Å². The van der Waals surface area contributed by atoms with Crippen LogP contribution in [0.2, 0.25) is 0 Å².